The molecule has 1 aliphatic carbocycles. The van der Waals surface area contributed by atoms with Crippen LogP contribution in [-0.4, -0.2) is 9.97 Å². The standard InChI is InChI=1S/C54H35N3/c1-55-49-27-15-26-47-52(49)46-33-32-42(35-48(46)54(47,44-22-10-4-11-23-44)45-24-12-5-13-25-45)38-28-30-40(31-29-38)51-36-50(39-18-8-3-9-19-39)56-53(57-51)43-21-14-20-41(34-43)37-16-6-2-7-17-37/h2-36H. The fourth-order valence-electron chi connectivity index (χ4n) is 8.57. The molecule has 0 unspecified atom stereocenters. The molecule has 1 heterocycles. The third kappa shape index (κ3) is 5.84. The molecule has 0 spiro atoms. The molecule has 0 N–H and O–H groups in total. The van der Waals surface area contributed by atoms with Gasteiger partial charge in [-0.1, -0.05) is 194 Å². The largest absolute Gasteiger partial charge is 0.238 e. The highest BCUT2D eigenvalue weighted by molar-refractivity contribution is 5.95. The van der Waals surface area contributed by atoms with Crippen LogP contribution in [0.3, 0.4) is 0 Å². The number of fused-ring (bicyclic) bond motifs is 3. The minimum atomic E-state index is -0.590. The van der Waals surface area contributed by atoms with Crippen LogP contribution >= 0.6 is 0 Å². The van der Waals surface area contributed by atoms with Gasteiger partial charge in [-0.2, -0.15) is 0 Å². The second-order valence-electron chi connectivity index (χ2n) is 14.4. The lowest BCUT2D eigenvalue weighted by Crippen LogP contribution is -2.28. The Morgan fingerprint density at radius 3 is 1.47 bits per heavy atom. The van der Waals surface area contributed by atoms with E-state index in [9.17, 15) is 0 Å². The summed E-state index contributed by atoms with van der Waals surface area (Å²) in [5.74, 6) is 0.684. The van der Waals surface area contributed by atoms with Crippen LogP contribution in [-0.2, 0) is 5.41 Å². The minimum absolute atomic E-state index is 0.590. The first kappa shape index (κ1) is 33.9. The fourth-order valence-corrected chi connectivity index (χ4v) is 8.57. The van der Waals surface area contributed by atoms with Gasteiger partial charge in [0, 0.05) is 16.7 Å². The predicted molar refractivity (Wildman–Crippen MR) is 233 cm³/mol. The summed E-state index contributed by atoms with van der Waals surface area (Å²) in [5.41, 5.74) is 16.1. The van der Waals surface area contributed by atoms with E-state index in [-0.39, 0.29) is 0 Å². The molecule has 9 aromatic rings. The maximum Gasteiger partial charge on any atom is 0.195 e. The van der Waals surface area contributed by atoms with Gasteiger partial charge in [0.1, 0.15) is 0 Å². The zero-order chi connectivity index (χ0) is 38.2. The fraction of sp³-hybridized carbons (Fsp3) is 0.0185. The summed E-state index contributed by atoms with van der Waals surface area (Å²) in [7, 11) is 0. The van der Waals surface area contributed by atoms with Crippen molar-refractivity contribution in [3.05, 3.63) is 246 Å². The van der Waals surface area contributed by atoms with E-state index < -0.39 is 5.41 Å². The Labute approximate surface area is 333 Å². The van der Waals surface area contributed by atoms with Gasteiger partial charge < -0.3 is 0 Å². The SMILES string of the molecule is [C-]#[N+]c1cccc2c1-c1ccc(-c3ccc(-c4cc(-c5ccccc5)nc(-c5cccc(-c6ccccc6)c5)n4)cc3)cc1C2(c1ccccc1)c1ccccc1. The van der Waals surface area contributed by atoms with E-state index in [1.807, 2.05) is 36.4 Å². The van der Waals surface area contributed by atoms with E-state index in [1.165, 1.54) is 16.7 Å². The van der Waals surface area contributed by atoms with Crippen LogP contribution in [0.1, 0.15) is 22.3 Å². The molecule has 1 aliphatic rings. The van der Waals surface area contributed by atoms with Gasteiger partial charge in [-0.05, 0) is 73.8 Å². The lowest BCUT2D eigenvalue weighted by atomic mass is 9.67. The van der Waals surface area contributed by atoms with Crippen LogP contribution in [0.4, 0.5) is 5.69 Å². The van der Waals surface area contributed by atoms with Crippen molar-refractivity contribution < 1.29 is 0 Å². The molecule has 0 amide bonds. The van der Waals surface area contributed by atoms with Crippen LogP contribution in [0.15, 0.2) is 212 Å². The lowest BCUT2D eigenvalue weighted by Gasteiger charge is -2.34. The van der Waals surface area contributed by atoms with E-state index in [0.717, 1.165) is 67.0 Å². The Kier molecular flexibility index (Phi) is 8.43. The van der Waals surface area contributed by atoms with E-state index in [0.29, 0.717) is 11.5 Å². The van der Waals surface area contributed by atoms with E-state index in [1.54, 1.807) is 0 Å². The molecule has 0 saturated carbocycles. The van der Waals surface area contributed by atoms with E-state index in [2.05, 4.69) is 181 Å². The number of aromatic nitrogens is 2. The molecule has 1 aromatic heterocycles. The second-order valence-corrected chi connectivity index (χ2v) is 14.4. The zero-order valence-corrected chi connectivity index (χ0v) is 31.0. The molecule has 0 aliphatic heterocycles. The highest BCUT2D eigenvalue weighted by Gasteiger charge is 2.46. The van der Waals surface area contributed by atoms with Crippen molar-refractivity contribution in [1.29, 1.82) is 0 Å². The molecule has 10 rings (SSSR count). The molecule has 0 radical (unpaired) electrons. The molecular weight excluding hydrogens is 691 g/mol. The van der Waals surface area contributed by atoms with Crippen molar-refractivity contribution in [3.8, 4) is 67.3 Å². The Morgan fingerprint density at radius 1 is 0.368 bits per heavy atom. The molecule has 0 bridgehead atoms. The maximum absolute atomic E-state index is 8.15. The second kappa shape index (κ2) is 14.2. The number of hydrogen-bond donors (Lipinski definition) is 0. The van der Waals surface area contributed by atoms with E-state index in [4.69, 9.17) is 16.5 Å². The van der Waals surface area contributed by atoms with Crippen LogP contribution in [0, 0.1) is 6.57 Å². The quantitative estimate of drug-likeness (QED) is 0.153. The summed E-state index contributed by atoms with van der Waals surface area (Å²) in [6.45, 7) is 8.15. The van der Waals surface area contributed by atoms with Gasteiger partial charge in [-0.25, -0.2) is 14.8 Å². The maximum atomic E-state index is 8.15. The summed E-state index contributed by atoms with van der Waals surface area (Å²) in [6.07, 6.45) is 0. The first-order valence-electron chi connectivity index (χ1n) is 19.2. The third-order valence-corrected chi connectivity index (χ3v) is 11.2. The van der Waals surface area contributed by atoms with Crippen LogP contribution < -0.4 is 0 Å². The number of benzene rings is 8. The van der Waals surface area contributed by atoms with Gasteiger partial charge in [-0.15, -0.1) is 0 Å². The topological polar surface area (TPSA) is 30.1 Å². The monoisotopic (exact) mass is 725 g/mol. The molecular formula is C54H35N3. The molecule has 0 saturated heterocycles. The molecule has 3 heteroatoms. The van der Waals surface area contributed by atoms with Crippen molar-refractivity contribution in [2.75, 3.05) is 0 Å². The summed E-state index contributed by atoms with van der Waals surface area (Å²) in [6, 6.07) is 74.4. The van der Waals surface area contributed by atoms with Crippen LogP contribution in [0.5, 0.6) is 0 Å². The first-order valence-corrected chi connectivity index (χ1v) is 19.2. The average Bonchev–Trinajstić information content (AvgIpc) is 3.61. The Balaban J connectivity index is 1.09. The average molecular weight is 726 g/mol. The van der Waals surface area contributed by atoms with Gasteiger partial charge in [0.25, 0.3) is 0 Å². The molecule has 0 atom stereocenters. The smallest absolute Gasteiger partial charge is 0.195 e. The Hall–Kier alpha value is -7.67. The highest BCUT2D eigenvalue weighted by Crippen LogP contribution is 2.59. The molecule has 266 valence electrons. The van der Waals surface area contributed by atoms with Crippen molar-refractivity contribution >= 4 is 5.69 Å². The molecule has 8 aromatic carbocycles. The van der Waals surface area contributed by atoms with Gasteiger partial charge in [0.2, 0.25) is 0 Å². The summed E-state index contributed by atoms with van der Waals surface area (Å²) >= 11 is 0. The van der Waals surface area contributed by atoms with Gasteiger partial charge in [-0.3, -0.25) is 0 Å². The van der Waals surface area contributed by atoms with Crippen molar-refractivity contribution in [2.45, 2.75) is 5.41 Å². The van der Waals surface area contributed by atoms with Crippen molar-refractivity contribution in [2.24, 2.45) is 0 Å². The van der Waals surface area contributed by atoms with Gasteiger partial charge in [0.15, 0.2) is 11.5 Å². The van der Waals surface area contributed by atoms with Crippen molar-refractivity contribution in [1.82, 2.24) is 9.97 Å². The van der Waals surface area contributed by atoms with Gasteiger partial charge >= 0.3 is 0 Å². The highest BCUT2D eigenvalue weighted by atomic mass is 14.9. The van der Waals surface area contributed by atoms with Gasteiger partial charge in [0.05, 0.1) is 23.4 Å². The van der Waals surface area contributed by atoms with Crippen LogP contribution in [0.25, 0.3) is 72.1 Å². The number of nitrogens with zero attached hydrogens (tertiary/aromatic N) is 3. The Morgan fingerprint density at radius 2 is 0.842 bits per heavy atom. The Bertz CT molecular complexity index is 2890. The van der Waals surface area contributed by atoms with Crippen LogP contribution in [0.2, 0.25) is 0 Å². The van der Waals surface area contributed by atoms with Crippen molar-refractivity contribution in [3.63, 3.8) is 0 Å². The first-order chi connectivity index (χ1) is 28.2. The zero-order valence-electron chi connectivity index (χ0n) is 31.0. The molecule has 57 heavy (non-hydrogen) atoms. The molecule has 0 fully saturated rings. The van der Waals surface area contributed by atoms with E-state index >= 15 is 0 Å². The lowest BCUT2D eigenvalue weighted by molar-refractivity contribution is 0.769. The summed E-state index contributed by atoms with van der Waals surface area (Å²) in [4.78, 5) is 14.3. The number of rotatable bonds is 7. The third-order valence-electron chi connectivity index (χ3n) is 11.2. The minimum Gasteiger partial charge on any atom is -0.238 e. The normalized spacial score (nSPS) is 12.3. The predicted octanol–water partition coefficient (Wildman–Crippen LogP) is 13.7. The summed E-state index contributed by atoms with van der Waals surface area (Å²) < 4.78 is 0. The summed E-state index contributed by atoms with van der Waals surface area (Å²) in [5, 5.41) is 0. The number of hydrogen-bond acceptors (Lipinski definition) is 2. The molecule has 3 nitrogen and oxygen atoms in total.